The summed E-state index contributed by atoms with van der Waals surface area (Å²) in [5, 5.41) is 0. The highest BCUT2D eigenvalue weighted by atomic mass is 35.5. The number of hydrogen-bond donors (Lipinski definition) is 0. The van der Waals surface area contributed by atoms with E-state index in [9.17, 15) is 26.3 Å². The Kier molecular flexibility index (Phi) is 3.31. The first kappa shape index (κ1) is 11.9. The van der Waals surface area contributed by atoms with E-state index in [-0.39, 0.29) is 0 Å². The van der Waals surface area contributed by atoms with E-state index >= 15 is 0 Å². The minimum atomic E-state index is -5.63. The molecule has 0 radical (unpaired) electrons. The summed E-state index contributed by atoms with van der Waals surface area (Å²) in [5.41, 5.74) is 0. The summed E-state index contributed by atoms with van der Waals surface area (Å²) in [7, 11) is 0. The first-order valence-electron chi connectivity index (χ1n) is 2.26. The molecule has 0 heterocycles. The molecule has 72 valence electrons. The molecule has 0 fully saturated rings. The monoisotopic (exact) mass is 232 g/mol. The molecule has 0 amide bonds. The molecule has 0 rings (SSSR count). The van der Waals surface area contributed by atoms with Crippen LogP contribution in [0.5, 0.6) is 0 Å². The van der Waals surface area contributed by atoms with Crippen molar-refractivity contribution < 1.29 is 26.3 Å². The van der Waals surface area contributed by atoms with E-state index < -0.39 is 22.4 Å². The van der Waals surface area contributed by atoms with Crippen LogP contribution < -0.4 is 0 Å². The number of halogens is 8. The molecule has 0 aliphatic rings. The minimum Gasteiger partial charge on any atom is -0.202 e. The molecule has 0 nitrogen and oxygen atoms in total. The van der Waals surface area contributed by atoms with E-state index in [2.05, 4.69) is 23.2 Å². The van der Waals surface area contributed by atoms with Crippen molar-refractivity contribution in [1.29, 1.82) is 0 Å². The lowest BCUT2D eigenvalue weighted by molar-refractivity contribution is -0.112. The largest absolute Gasteiger partial charge is 0.445 e. The van der Waals surface area contributed by atoms with Crippen molar-refractivity contribution in [2.24, 2.45) is 0 Å². The highest BCUT2D eigenvalue weighted by molar-refractivity contribution is 6.48. The van der Waals surface area contributed by atoms with Crippen LogP contribution in [0, 0.1) is 0 Å². The van der Waals surface area contributed by atoms with Gasteiger partial charge in [0, 0.05) is 0 Å². The zero-order valence-corrected chi connectivity index (χ0v) is 6.54. The molecular formula is C4Cl2F6. The van der Waals surface area contributed by atoms with Gasteiger partial charge in [-0.25, -0.2) is 4.39 Å². The molecule has 8 heteroatoms. The van der Waals surface area contributed by atoms with E-state index in [0.717, 1.165) is 0 Å². The predicted octanol–water partition coefficient (Wildman–Crippen LogP) is 3.80. The van der Waals surface area contributed by atoms with E-state index in [1.165, 1.54) is 0 Å². The summed E-state index contributed by atoms with van der Waals surface area (Å²) in [6, 6.07) is 0. The fraction of sp³-hybridized carbons (Fsp3) is 0.500. The minimum absolute atomic E-state index is 2.90. The van der Waals surface area contributed by atoms with Gasteiger partial charge < -0.3 is 0 Å². The van der Waals surface area contributed by atoms with Gasteiger partial charge in [-0.05, 0) is 0 Å². The molecule has 12 heavy (non-hydrogen) atoms. The van der Waals surface area contributed by atoms with Gasteiger partial charge in [-0.2, -0.15) is 22.0 Å². The summed E-state index contributed by atoms with van der Waals surface area (Å²) in [6.45, 7) is 0. The van der Waals surface area contributed by atoms with Crippen LogP contribution in [-0.2, 0) is 0 Å². The standard InChI is InChI=1S/C4Cl2F6/c5-3(6,9)1(7)2(8)4(10,11)12. The Morgan fingerprint density at radius 1 is 0.833 bits per heavy atom. The van der Waals surface area contributed by atoms with Crippen LogP contribution in [0.15, 0.2) is 11.7 Å². The second-order valence-corrected chi connectivity index (χ2v) is 2.86. The molecule has 0 aliphatic carbocycles. The average molecular weight is 233 g/mol. The van der Waals surface area contributed by atoms with Crippen molar-refractivity contribution in [1.82, 2.24) is 0 Å². The normalized spacial score (nSPS) is 16.0. The molecule has 0 unspecified atom stereocenters. The second kappa shape index (κ2) is 3.33. The Hall–Kier alpha value is -0.100. The van der Waals surface area contributed by atoms with Gasteiger partial charge in [-0.15, -0.1) is 0 Å². The van der Waals surface area contributed by atoms with Gasteiger partial charge >= 0.3 is 10.8 Å². The molecule has 0 aliphatic heterocycles. The third-order valence-corrected chi connectivity index (χ3v) is 1.02. The smallest absolute Gasteiger partial charge is 0.202 e. The maximum absolute atomic E-state index is 11.9. The number of hydrogen-bond acceptors (Lipinski definition) is 0. The van der Waals surface area contributed by atoms with Crippen LogP contribution in [0.1, 0.15) is 0 Å². The van der Waals surface area contributed by atoms with Gasteiger partial charge in [-0.3, -0.25) is 0 Å². The van der Waals surface area contributed by atoms with Gasteiger partial charge in [0.2, 0.25) is 11.7 Å². The van der Waals surface area contributed by atoms with Crippen molar-refractivity contribution in [3.8, 4) is 0 Å². The Balaban J connectivity index is 4.96. The molecule has 0 aromatic rings. The third-order valence-electron chi connectivity index (χ3n) is 0.690. The number of alkyl halides is 6. The lowest BCUT2D eigenvalue weighted by Crippen LogP contribution is -2.16. The molecule has 0 atom stereocenters. The van der Waals surface area contributed by atoms with Crippen LogP contribution in [0.25, 0.3) is 0 Å². The molecule has 0 spiro atoms. The van der Waals surface area contributed by atoms with Crippen molar-refractivity contribution in [2.75, 3.05) is 0 Å². The van der Waals surface area contributed by atoms with Gasteiger partial charge in [0.25, 0.3) is 0 Å². The lowest BCUT2D eigenvalue weighted by Gasteiger charge is -2.09. The van der Waals surface area contributed by atoms with Crippen LogP contribution in [-0.4, -0.2) is 10.8 Å². The van der Waals surface area contributed by atoms with E-state index in [4.69, 9.17) is 0 Å². The van der Waals surface area contributed by atoms with Gasteiger partial charge in [0.15, 0.2) is 0 Å². The average Bonchev–Trinajstić information content (AvgIpc) is 1.80. The summed E-state index contributed by atoms with van der Waals surface area (Å²) < 4.78 is 65.5. The molecule has 0 N–H and O–H groups in total. The molecule has 0 aromatic carbocycles. The summed E-state index contributed by atoms with van der Waals surface area (Å²) in [6.07, 6.45) is -5.63. The first-order valence-corrected chi connectivity index (χ1v) is 3.02. The zero-order chi connectivity index (χ0) is 10.2. The van der Waals surface area contributed by atoms with Gasteiger partial charge in [-0.1, -0.05) is 23.2 Å². The summed E-state index contributed by atoms with van der Waals surface area (Å²) in [4.78, 5) is 0. The molecule has 0 saturated carbocycles. The van der Waals surface area contributed by atoms with Crippen LogP contribution in [0.4, 0.5) is 26.3 Å². The van der Waals surface area contributed by atoms with Crippen LogP contribution in [0.2, 0.25) is 0 Å². The Morgan fingerprint density at radius 2 is 1.17 bits per heavy atom. The fourth-order valence-corrected chi connectivity index (χ4v) is 0.415. The Morgan fingerprint density at radius 3 is 1.25 bits per heavy atom. The van der Waals surface area contributed by atoms with E-state index in [1.54, 1.807) is 0 Å². The second-order valence-electron chi connectivity index (χ2n) is 1.62. The molecular weight excluding hydrogens is 233 g/mol. The van der Waals surface area contributed by atoms with Crippen LogP contribution in [0.3, 0.4) is 0 Å². The molecule has 0 saturated heterocycles. The van der Waals surface area contributed by atoms with E-state index in [1.807, 2.05) is 0 Å². The molecule has 0 bridgehead atoms. The van der Waals surface area contributed by atoms with E-state index in [0.29, 0.717) is 0 Å². The highest BCUT2D eigenvalue weighted by Crippen LogP contribution is 2.40. The molecule has 0 aromatic heterocycles. The Labute approximate surface area is 72.7 Å². The number of rotatable bonds is 1. The van der Waals surface area contributed by atoms with Crippen molar-refractivity contribution in [3.63, 3.8) is 0 Å². The van der Waals surface area contributed by atoms with Crippen LogP contribution >= 0.6 is 23.2 Å². The first-order chi connectivity index (χ1) is 5.07. The fourth-order valence-electron chi connectivity index (χ4n) is 0.249. The topological polar surface area (TPSA) is 0 Å². The summed E-state index contributed by atoms with van der Waals surface area (Å²) in [5.74, 6) is -6.19. The third kappa shape index (κ3) is 3.10. The van der Waals surface area contributed by atoms with Crippen molar-refractivity contribution >= 4 is 23.2 Å². The van der Waals surface area contributed by atoms with Crippen molar-refractivity contribution in [2.45, 2.75) is 10.8 Å². The quantitative estimate of drug-likeness (QED) is 0.477. The number of allylic oxidation sites excluding steroid dienone is 2. The maximum atomic E-state index is 11.9. The summed E-state index contributed by atoms with van der Waals surface area (Å²) >= 11 is 8.42. The van der Waals surface area contributed by atoms with Gasteiger partial charge in [0.1, 0.15) is 0 Å². The lowest BCUT2D eigenvalue weighted by atomic mass is 10.4. The predicted molar refractivity (Wildman–Crippen MR) is 30.8 cm³/mol. The SMILES string of the molecule is FC(=C(F)C(F)(Cl)Cl)C(F)(F)F. The van der Waals surface area contributed by atoms with Gasteiger partial charge in [0.05, 0.1) is 0 Å². The highest BCUT2D eigenvalue weighted by Gasteiger charge is 2.45. The maximum Gasteiger partial charge on any atom is 0.445 e. The van der Waals surface area contributed by atoms with Crippen molar-refractivity contribution in [3.05, 3.63) is 11.7 Å². The zero-order valence-electron chi connectivity index (χ0n) is 5.02. The Bertz CT molecular complexity index is 177.